The number of nitrogens with one attached hydrogen (secondary N) is 1. The number of rotatable bonds is 7. The van der Waals surface area contributed by atoms with E-state index in [1.165, 1.54) is 24.3 Å². The number of hydrogen-bond acceptors (Lipinski definition) is 5. The van der Waals surface area contributed by atoms with Gasteiger partial charge in [0.15, 0.2) is 0 Å². The van der Waals surface area contributed by atoms with E-state index in [0.717, 1.165) is 31.0 Å². The minimum absolute atomic E-state index is 0.0856. The summed E-state index contributed by atoms with van der Waals surface area (Å²) in [5, 5.41) is 10.9. The highest BCUT2D eigenvalue weighted by Gasteiger charge is 2.55. The van der Waals surface area contributed by atoms with Crippen LogP contribution in [0.4, 0.5) is 18.9 Å². The number of halogens is 4. The van der Waals surface area contributed by atoms with E-state index in [4.69, 9.17) is 11.6 Å². The van der Waals surface area contributed by atoms with E-state index in [2.05, 4.69) is 0 Å². The number of amides is 1. The lowest BCUT2D eigenvalue weighted by atomic mass is 10.1. The molecule has 6 nitrogen and oxygen atoms in total. The molecular formula is C20H19ClF3NO5S2. The third-order valence-corrected chi connectivity index (χ3v) is 8.63. The van der Waals surface area contributed by atoms with Crippen LogP contribution in [-0.2, 0) is 25.4 Å². The first kappa shape index (κ1) is 24.7. The maximum Gasteiger partial charge on any atom is 0.426 e. The molecule has 0 aliphatic heterocycles. The van der Waals surface area contributed by atoms with Gasteiger partial charge in [-0.1, -0.05) is 11.6 Å². The van der Waals surface area contributed by atoms with Crippen molar-refractivity contribution in [2.45, 2.75) is 46.2 Å². The van der Waals surface area contributed by atoms with Crippen LogP contribution >= 0.6 is 11.6 Å². The Morgan fingerprint density at radius 2 is 1.72 bits per heavy atom. The zero-order chi connectivity index (χ0) is 23.9. The lowest BCUT2D eigenvalue weighted by molar-refractivity contribution is -0.242. The van der Waals surface area contributed by atoms with Gasteiger partial charge >= 0.3 is 6.18 Å². The lowest BCUT2D eigenvalue weighted by Crippen LogP contribution is -2.52. The molecule has 1 aliphatic carbocycles. The summed E-state index contributed by atoms with van der Waals surface area (Å²) in [5.74, 6) is -0.784. The van der Waals surface area contributed by atoms with Crippen molar-refractivity contribution < 1.29 is 35.7 Å². The molecule has 174 valence electrons. The van der Waals surface area contributed by atoms with Crippen LogP contribution in [0, 0.1) is 5.92 Å². The number of carbonyl (C=O) groups is 1. The van der Waals surface area contributed by atoms with E-state index in [0.29, 0.717) is 16.6 Å². The second-order valence-corrected chi connectivity index (χ2v) is 11.4. The monoisotopic (exact) mass is 509 g/mol. The molecule has 2 aromatic rings. The first-order chi connectivity index (χ1) is 14.7. The average Bonchev–Trinajstić information content (AvgIpc) is 3.52. The van der Waals surface area contributed by atoms with Gasteiger partial charge in [0, 0.05) is 10.6 Å². The number of anilines is 1. The molecule has 1 fully saturated rings. The number of carbonyl (C=O) groups excluding carboxylic acids is 1. The molecule has 1 aliphatic rings. The molecule has 0 saturated heterocycles. The normalized spacial score (nSPS) is 17.4. The van der Waals surface area contributed by atoms with Crippen LogP contribution in [0.2, 0.25) is 5.02 Å². The fourth-order valence-electron chi connectivity index (χ4n) is 2.64. The van der Waals surface area contributed by atoms with Crippen molar-refractivity contribution in [1.29, 1.82) is 0 Å². The first-order valence-electron chi connectivity index (χ1n) is 9.37. The molecule has 3 rings (SSSR count). The molecule has 12 heteroatoms. The minimum Gasteiger partial charge on any atom is -0.373 e. The number of aliphatic hydroxyl groups is 1. The van der Waals surface area contributed by atoms with Gasteiger partial charge in [0.05, 0.1) is 31.3 Å². The Hall–Kier alpha value is -1.95. The second kappa shape index (κ2) is 8.77. The van der Waals surface area contributed by atoms with Gasteiger partial charge in [-0.05, 0) is 68.1 Å². The first-order valence-corrected chi connectivity index (χ1v) is 12.5. The van der Waals surface area contributed by atoms with Crippen molar-refractivity contribution in [3.63, 3.8) is 0 Å². The standard InChI is InChI=1S/C20H19ClF3NO5S2/c1-19(27,20(22,23)24)18(26)25-17-9-8-15(10-16(17)21)32(29,30)14-6-4-13(5-7-14)31(28)11-12-2-3-12/h4-10,12,27H,2-3,11H2,1H3,(H,25,26)/t19-,31?/m1/s1. The fraction of sp³-hybridized carbons (Fsp3) is 0.350. The van der Waals surface area contributed by atoms with E-state index in [1.54, 1.807) is 0 Å². The van der Waals surface area contributed by atoms with E-state index in [-0.39, 0.29) is 27.4 Å². The molecule has 2 aromatic carbocycles. The highest BCUT2D eigenvalue weighted by atomic mass is 35.5. The molecule has 0 bridgehead atoms. The van der Waals surface area contributed by atoms with E-state index in [1.807, 2.05) is 5.32 Å². The molecular weight excluding hydrogens is 491 g/mol. The Balaban J connectivity index is 1.80. The highest BCUT2D eigenvalue weighted by Crippen LogP contribution is 2.34. The van der Waals surface area contributed by atoms with Crippen molar-refractivity contribution >= 4 is 43.8 Å². The molecule has 1 unspecified atom stereocenters. The molecule has 2 N–H and O–H groups in total. The Morgan fingerprint density at radius 1 is 1.16 bits per heavy atom. The lowest BCUT2D eigenvalue weighted by Gasteiger charge is -2.25. The van der Waals surface area contributed by atoms with E-state index in [9.17, 15) is 35.7 Å². The van der Waals surface area contributed by atoms with Crippen LogP contribution in [0.3, 0.4) is 0 Å². The van der Waals surface area contributed by atoms with Crippen molar-refractivity contribution in [3.8, 4) is 0 Å². The number of hydrogen-bond donors (Lipinski definition) is 2. The van der Waals surface area contributed by atoms with Gasteiger partial charge in [-0.15, -0.1) is 0 Å². The highest BCUT2D eigenvalue weighted by molar-refractivity contribution is 7.91. The maximum atomic E-state index is 12.9. The van der Waals surface area contributed by atoms with Gasteiger partial charge in [0.25, 0.3) is 5.91 Å². The predicted octanol–water partition coefficient (Wildman–Crippen LogP) is 3.94. The summed E-state index contributed by atoms with van der Waals surface area (Å²) in [6.45, 7) is 0.288. The topological polar surface area (TPSA) is 101 Å². The summed E-state index contributed by atoms with van der Waals surface area (Å²) in [7, 11) is -5.25. The largest absolute Gasteiger partial charge is 0.426 e. The van der Waals surface area contributed by atoms with Crippen LogP contribution in [0.5, 0.6) is 0 Å². The summed E-state index contributed by atoms with van der Waals surface area (Å²) in [4.78, 5) is 12.0. The second-order valence-electron chi connectivity index (χ2n) is 7.60. The molecule has 1 amide bonds. The third kappa shape index (κ3) is 5.16. The van der Waals surface area contributed by atoms with Crippen LogP contribution in [0.1, 0.15) is 19.8 Å². The fourth-order valence-corrected chi connectivity index (χ4v) is 5.61. The van der Waals surface area contributed by atoms with Crippen LogP contribution in [-0.4, -0.2) is 41.2 Å². The number of sulfone groups is 1. The number of alkyl halides is 3. The van der Waals surface area contributed by atoms with E-state index < -0.39 is 38.3 Å². The van der Waals surface area contributed by atoms with E-state index >= 15 is 0 Å². The van der Waals surface area contributed by atoms with Gasteiger partial charge in [0.2, 0.25) is 15.4 Å². The van der Waals surface area contributed by atoms with Crippen LogP contribution < -0.4 is 5.32 Å². The zero-order valence-electron chi connectivity index (χ0n) is 16.6. The van der Waals surface area contributed by atoms with Gasteiger partial charge in [0.1, 0.15) is 0 Å². The zero-order valence-corrected chi connectivity index (χ0v) is 19.0. The summed E-state index contributed by atoms with van der Waals surface area (Å²) >= 11 is 5.97. The quantitative estimate of drug-likeness (QED) is 0.589. The Bertz CT molecular complexity index is 1160. The third-order valence-electron chi connectivity index (χ3n) is 4.97. The molecule has 1 saturated carbocycles. The van der Waals surface area contributed by atoms with Crippen LogP contribution in [0.25, 0.3) is 0 Å². The van der Waals surface area contributed by atoms with Gasteiger partial charge in [-0.3, -0.25) is 9.00 Å². The minimum atomic E-state index is -5.22. The van der Waals surface area contributed by atoms with Crippen molar-refractivity contribution in [3.05, 3.63) is 47.5 Å². The van der Waals surface area contributed by atoms with Crippen LogP contribution in [0.15, 0.2) is 57.2 Å². The Kier molecular flexibility index (Phi) is 6.77. The SMILES string of the molecule is C[C@@](O)(C(=O)Nc1ccc(S(=O)(=O)c2ccc(S(=O)CC3CC3)cc2)cc1Cl)C(F)(F)F. The maximum absolute atomic E-state index is 12.9. The van der Waals surface area contributed by atoms with Gasteiger partial charge in [-0.25, -0.2) is 8.42 Å². The molecule has 0 radical (unpaired) electrons. The summed E-state index contributed by atoms with van der Waals surface area (Å²) in [6.07, 6.45) is -3.13. The van der Waals surface area contributed by atoms with Crippen molar-refractivity contribution in [1.82, 2.24) is 0 Å². The Labute approximate surface area is 190 Å². The van der Waals surface area contributed by atoms with Crippen molar-refractivity contribution in [2.75, 3.05) is 11.1 Å². The molecule has 0 spiro atoms. The summed E-state index contributed by atoms with van der Waals surface area (Å²) < 4.78 is 76.4. The van der Waals surface area contributed by atoms with Crippen molar-refractivity contribution in [2.24, 2.45) is 5.92 Å². The predicted molar refractivity (Wildman–Crippen MR) is 113 cm³/mol. The smallest absolute Gasteiger partial charge is 0.373 e. The molecule has 0 heterocycles. The Morgan fingerprint density at radius 3 is 2.22 bits per heavy atom. The summed E-state index contributed by atoms with van der Waals surface area (Å²) in [6, 6.07) is 8.66. The summed E-state index contributed by atoms with van der Waals surface area (Å²) in [5.41, 5.74) is -3.96. The molecule has 0 aromatic heterocycles. The van der Waals surface area contributed by atoms with Gasteiger partial charge in [-0.2, -0.15) is 13.2 Å². The molecule has 32 heavy (non-hydrogen) atoms. The van der Waals surface area contributed by atoms with Gasteiger partial charge < -0.3 is 10.4 Å². The average molecular weight is 510 g/mol. The molecule has 2 atom stereocenters. The number of benzene rings is 2.